The Bertz CT molecular complexity index is 1160. The SMILES string of the molecule is C.CC.CCOC(=O)c1nc(C2CCN(C(=O)OC(C)(C)C)CC2)sc1-c1ccc(-c2ccccc2)cc1. The Hall–Kier alpha value is -3.19. The zero-order valence-electron chi connectivity index (χ0n) is 22.7. The predicted molar refractivity (Wildman–Crippen MR) is 157 cm³/mol. The van der Waals surface area contributed by atoms with Crippen LogP contribution in [0, 0.1) is 0 Å². The molecular weight excluding hydrogens is 496 g/mol. The first-order valence-electron chi connectivity index (χ1n) is 13.1. The van der Waals surface area contributed by atoms with Gasteiger partial charge in [0.2, 0.25) is 0 Å². The second-order valence-corrected chi connectivity index (χ2v) is 10.7. The van der Waals surface area contributed by atoms with Gasteiger partial charge in [0, 0.05) is 19.0 Å². The van der Waals surface area contributed by atoms with E-state index in [1.807, 2.05) is 65.0 Å². The molecule has 1 fully saturated rings. The van der Waals surface area contributed by atoms with Crippen LogP contribution in [0.25, 0.3) is 21.6 Å². The molecule has 206 valence electrons. The molecule has 0 saturated carbocycles. The second kappa shape index (κ2) is 14.1. The lowest BCUT2D eigenvalue weighted by Crippen LogP contribution is -2.41. The fourth-order valence-corrected chi connectivity index (χ4v) is 5.35. The number of benzene rings is 2. The Kier molecular flexibility index (Phi) is 11.5. The quantitative estimate of drug-likeness (QED) is 0.305. The Morgan fingerprint density at radius 1 is 0.947 bits per heavy atom. The molecule has 0 aliphatic carbocycles. The minimum Gasteiger partial charge on any atom is -0.461 e. The van der Waals surface area contributed by atoms with Gasteiger partial charge in [-0.3, -0.25) is 0 Å². The van der Waals surface area contributed by atoms with E-state index in [1.165, 1.54) is 0 Å². The summed E-state index contributed by atoms with van der Waals surface area (Å²) < 4.78 is 10.8. The van der Waals surface area contributed by atoms with Gasteiger partial charge in [-0.2, -0.15) is 0 Å². The molecule has 4 rings (SSSR count). The number of thiazole rings is 1. The van der Waals surface area contributed by atoms with Crippen LogP contribution in [0.5, 0.6) is 0 Å². The van der Waals surface area contributed by atoms with Crippen molar-refractivity contribution in [1.29, 1.82) is 0 Å². The number of likely N-dealkylation sites (tertiary alicyclic amines) is 1. The summed E-state index contributed by atoms with van der Waals surface area (Å²) in [6.45, 7) is 12.9. The van der Waals surface area contributed by atoms with Crippen molar-refractivity contribution >= 4 is 23.4 Å². The summed E-state index contributed by atoms with van der Waals surface area (Å²) in [6, 6.07) is 18.4. The molecule has 1 saturated heterocycles. The third-order valence-corrected chi connectivity index (χ3v) is 7.13. The molecule has 0 radical (unpaired) electrons. The van der Waals surface area contributed by atoms with E-state index in [1.54, 1.807) is 23.2 Å². The number of piperidine rings is 1. The molecule has 0 unspecified atom stereocenters. The van der Waals surface area contributed by atoms with Crippen molar-refractivity contribution in [2.24, 2.45) is 0 Å². The van der Waals surface area contributed by atoms with E-state index < -0.39 is 11.6 Å². The van der Waals surface area contributed by atoms with E-state index in [2.05, 4.69) is 24.3 Å². The topological polar surface area (TPSA) is 68.7 Å². The fourth-order valence-electron chi connectivity index (χ4n) is 4.12. The molecule has 0 bridgehead atoms. The smallest absolute Gasteiger partial charge is 0.410 e. The van der Waals surface area contributed by atoms with Gasteiger partial charge in [0.1, 0.15) is 5.60 Å². The normalized spacial score (nSPS) is 13.6. The Labute approximate surface area is 232 Å². The zero-order chi connectivity index (χ0) is 27.0. The Morgan fingerprint density at radius 3 is 2.05 bits per heavy atom. The van der Waals surface area contributed by atoms with Crippen LogP contribution in [0.15, 0.2) is 54.6 Å². The molecule has 0 N–H and O–H groups in total. The molecule has 38 heavy (non-hydrogen) atoms. The first kappa shape index (κ1) is 31.0. The zero-order valence-corrected chi connectivity index (χ0v) is 23.6. The minimum atomic E-state index is -0.511. The summed E-state index contributed by atoms with van der Waals surface area (Å²) in [5.74, 6) is -0.215. The molecule has 2 heterocycles. The monoisotopic (exact) mass is 538 g/mol. The van der Waals surface area contributed by atoms with E-state index >= 15 is 0 Å². The molecule has 1 amide bonds. The third kappa shape index (κ3) is 7.90. The summed E-state index contributed by atoms with van der Waals surface area (Å²) in [7, 11) is 0. The molecule has 0 spiro atoms. The number of hydrogen-bond donors (Lipinski definition) is 0. The van der Waals surface area contributed by atoms with Gasteiger partial charge in [0.15, 0.2) is 5.69 Å². The Morgan fingerprint density at radius 2 is 1.50 bits per heavy atom. The maximum Gasteiger partial charge on any atom is 0.410 e. The molecule has 7 heteroatoms. The highest BCUT2D eigenvalue weighted by molar-refractivity contribution is 7.15. The van der Waals surface area contributed by atoms with Crippen molar-refractivity contribution in [3.8, 4) is 21.6 Å². The standard InChI is InChI=1S/C28H32N2O4S.C2H6.CH4/c1-5-33-26(31)23-24(21-13-11-20(12-14-21)19-9-7-6-8-10-19)35-25(29-23)22-15-17-30(18-16-22)27(32)34-28(2,3)4;1-2;/h6-14,22H,5,15-18H2,1-4H3;1-2H3;1H4. The van der Waals surface area contributed by atoms with Crippen LogP contribution in [0.4, 0.5) is 4.79 Å². The molecule has 6 nitrogen and oxygen atoms in total. The van der Waals surface area contributed by atoms with Gasteiger partial charge in [0.05, 0.1) is 16.5 Å². The van der Waals surface area contributed by atoms with E-state index in [9.17, 15) is 9.59 Å². The molecule has 3 aromatic rings. The molecule has 1 aromatic heterocycles. The van der Waals surface area contributed by atoms with Crippen molar-refractivity contribution in [2.45, 2.75) is 73.3 Å². The number of hydrogen-bond acceptors (Lipinski definition) is 6. The summed E-state index contributed by atoms with van der Waals surface area (Å²) >= 11 is 1.55. The molecule has 2 aromatic carbocycles. The first-order valence-corrected chi connectivity index (χ1v) is 13.9. The lowest BCUT2D eigenvalue weighted by Gasteiger charge is -2.32. The van der Waals surface area contributed by atoms with Crippen molar-refractivity contribution in [2.75, 3.05) is 19.7 Å². The highest BCUT2D eigenvalue weighted by Crippen LogP contribution is 2.38. The number of esters is 1. The second-order valence-electron chi connectivity index (χ2n) is 9.64. The molecular formula is C31H42N2O4S. The van der Waals surface area contributed by atoms with Gasteiger partial charge >= 0.3 is 12.1 Å². The van der Waals surface area contributed by atoms with Crippen molar-refractivity contribution in [1.82, 2.24) is 9.88 Å². The fraction of sp³-hybridized carbons (Fsp3) is 0.452. The molecule has 1 aliphatic rings. The maximum atomic E-state index is 12.8. The number of carbonyl (C=O) groups is 2. The first-order chi connectivity index (χ1) is 17.7. The van der Waals surface area contributed by atoms with Crippen LogP contribution in [-0.2, 0) is 9.47 Å². The van der Waals surface area contributed by atoms with Crippen molar-refractivity contribution < 1.29 is 19.1 Å². The van der Waals surface area contributed by atoms with Gasteiger partial charge < -0.3 is 14.4 Å². The number of nitrogens with zero attached hydrogens (tertiary/aromatic N) is 2. The van der Waals surface area contributed by atoms with Crippen molar-refractivity contribution in [3.05, 3.63) is 65.3 Å². The highest BCUT2D eigenvalue weighted by atomic mass is 32.1. The van der Waals surface area contributed by atoms with Gasteiger partial charge in [-0.1, -0.05) is 75.9 Å². The lowest BCUT2D eigenvalue weighted by molar-refractivity contribution is 0.0204. The maximum absolute atomic E-state index is 12.8. The van der Waals surface area contributed by atoms with Crippen LogP contribution in [0.3, 0.4) is 0 Å². The third-order valence-electron chi connectivity index (χ3n) is 5.86. The predicted octanol–water partition coefficient (Wildman–Crippen LogP) is 8.43. The van der Waals surface area contributed by atoms with Gasteiger partial charge in [-0.15, -0.1) is 11.3 Å². The van der Waals surface area contributed by atoms with Crippen LogP contribution in [0.2, 0.25) is 0 Å². The summed E-state index contributed by atoms with van der Waals surface area (Å²) in [4.78, 5) is 32.5. The average Bonchev–Trinajstić information content (AvgIpc) is 3.35. The number of aromatic nitrogens is 1. The van der Waals surface area contributed by atoms with E-state index in [-0.39, 0.29) is 19.4 Å². The summed E-state index contributed by atoms with van der Waals surface area (Å²) in [6.07, 6.45) is 1.28. The lowest BCUT2D eigenvalue weighted by atomic mass is 9.98. The van der Waals surface area contributed by atoms with Crippen LogP contribution in [0.1, 0.15) is 83.2 Å². The molecule has 1 aliphatic heterocycles. The van der Waals surface area contributed by atoms with Gasteiger partial charge in [-0.25, -0.2) is 14.6 Å². The van der Waals surface area contributed by atoms with Crippen LogP contribution in [-0.4, -0.2) is 47.2 Å². The number of carbonyl (C=O) groups excluding carboxylic acids is 2. The van der Waals surface area contributed by atoms with Crippen molar-refractivity contribution in [3.63, 3.8) is 0 Å². The summed E-state index contributed by atoms with van der Waals surface area (Å²) in [5, 5.41) is 0.916. The van der Waals surface area contributed by atoms with Crippen LogP contribution >= 0.6 is 11.3 Å². The van der Waals surface area contributed by atoms with E-state index in [0.29, 0.717) is 25.4 Å². The number of amides is 1. The number of rotatable bonds is 5. The van der Waals surface area contributed by atoms with E-state index in [0.717, 1.165) is 39.4 Å². The van der Waals surface area contributed by atoms with Gasteiger partial charge in [-0.05, 0) is 57.2 Å². The van der Waals surface area contributed by atoms with Crippen LogP contribution < -0.4 is 0 Å². The molecule has 0 atom stereocenters. The minimum absolute atomic E-state index is 0. The summed E-state index contributed by atoms with van der Waals surface area (Å²) in [5.41, 5.74) is 3.07. The van der Waals surface area contributed by atoms with E-state index in [4.69, 9.17) is 14.5 Å². The number of ether oxygens (including phenoxy) is 2. The largest absolute Gasteiger partial charge is 0.461 e. The average molecular weight is 539 g/mol. The Balaban J connectivity index is 0.00000165. The van der Waals surface area contributed by atoms with Gasteiger partial charge in [0.25, 0.3) is 0 Å². The highest BCUT2D eigenvalue weighted by Gasteiger charge is 2.31.